The highest BCUT2D eigenvalue weighted by molar-refractivity contribution is 7.91. The van der Waals surface area contributed by atoms with Crippen LogP contribution in [0.5, 0.6) is 0 Å². The van der Waals surface area contributed by atoms with Crippen LogP contribution < -0.4 is 5.32 Å². The summed E-state index contributed by atoms with van der Waals surface area (Å²) < 4.78 is 25.6. The van der Waals surface area contributed by atoms with Crippen molar-refractivity contribution in [2.75, 3.05) is 6.26 Å². The number of rotatable bonds is 6. The first-order valence-corrected chi connectivity index (χ1v) is 10.2. The summed E-state index contributed by atoms with van der Waals surface area (Å²) in [6.45, 7) is 8.06. The number of hydrogen-bond donors (Lipinski definition) is 1. The average Bonchev–Trinajstić information content (AvgIpc) is 2.71. The predicted molar refractivity (Wildman–Crippen MR) is 89.7 cm³/mol. The van der Waals surface area contributed by atoms with Crippen molar-refractivity contribution in [3.8, 4) is 0 Å². The molecule has 2 rings (SSSR count). The smallest absolute Gasteiger partial charge is 0.150 e. The molecule has 0 aromatic carbocycles. The lowest BCUT2D eigenvalue weighted by Gasteiger charge is -2.28. The lowest BCUT2D eigenvalue weighted by Crippen LogP contribution is -2.38. The quantitative estimate of drug-likeness (QED) is 0.871. The molecule has 2 atom stereocenters. The summed E-state index contributed by atoms with van der Waals surface area (Å²) >= 11 is 0. The molecule has 126 valence electrons. The summed E-state index contributed by atoms with van der Waals surface area (Å²) in [6, 6.07) is 0.293. The van der Waals surface area contributed by atoms with Gasteiger partial charge < -0.3 is 5.32 Å². The third-order valence-electron chi connectivity index (χ3n) is 4.77. The van der Waals surface area contributed by atoms with Gasteiger partial charge in [0.1, 0.15) is 9.84 Å². The van der Waals surface area contributed by atoms with Crippen LogP contribution in [0.25, 0.3) is 0 Å². The molecule has 1 aromatic heterocycles. The first kappa shape index (κ1) is 17.5. The topological polar surface area (TPSA) is 64.0 Å². The Labute approximate surface area is 134 Å². The standard InChI is InChI=1S/C16H29N3O2S/c1-5-9-19-13(3)16(12(2)18-19)11-17-14-7-6-8-15(10-14)22(4,20)21/h14-15,17H,5-11H2,1-4H3/t14-,15+/m0/s1. The highest BCUT2D eigenvalue weighted by Crippen LogP contribution is 2.24. The fourth-order valence-corrected chi connectivity index (χ4v) is 4.56. The summed E-state index contributed by atoms with van der Waals surface area (Å²) in [5, 5.41) is 7.98. The van der Waals surface area contributed by atoms with Crippen LogP contribution in [-0.2, 0) is 22.9 Å². The molecule has 1 fully saturated rings. The van der Waals surface area contributed by atoms with Crippen molar-refractivity contribution in [1.29, 1.82) is 0 Å². The van der Waals surface area contributed by atoms with Crippen LogP contribution in [0.3, 0.4) is 0 Å². The minimum absolute atomic E-state index is 0.177. The van der Waals surface area contributed by atoms with Crippen LogP contribution in [0.1, 0.15) is 56.0 Å². The van der Waals surface area contributed by atoms with Crippen LogP contribution in [0, 0.1) is 13.8 Å². The molecular formula is C16H29N3O2S. The number of nitrogens with zero attached hydrogens (tertiary/aromatic N) is 2. The van der Waals surface area contributed by atoms with Crippen LogP contribution in [0.4, 0.5) is 0 Å². The van der Waals surface area contributed by atoms with Crippen molar-refractivity contribution in [3.63, 3.8) is 0 Å². The van der Waals surface area contributed by atoms with Gasteiger partial charge in [-0.15, -0.1) is 0 Å². The van der Waals surface area contributed by atoms with Crippen LogP contribution in [-0.4, -0.2) is 35.7 Å². The molecule has 1 aromatic rings. The van der Waals surface area contributed by atoms with Gasteiger partial charge in [0.05, 0.1) is 10.9 Å². The molecule has 0 spiro atoms. The SMILES string of the molecule is CCCn1nc(C)c(CN[C@H]2CCC[C@@H](S(C)(=O)=O)C2)c1C. The molecule has 5 nitrogen and oxygen atoms in total. The summed E-state index contributed by atoms with van der Waals surface area (Å²) in [7, 11) is -2.92. The van der Waals surface area contributed by atoms with E-state index in [2.05, 4.69) is 35.9 Å². The van der Waals surface area contributed by atoms with Gasteiger partial charge in [0.25, 0.3) is 0 Å². The Morgan fingerprint density at radius 3 is 2.68 bits per heavy atom. The Morgan fingerprint density at radius 2 is 2.05 bits per heavy atom. The molecule has 1 N–H and O–H groups in total. The van der Waals surface area contributed by atoms with E-state index in [1.807, 2.05) is 0 Å². The maximum Gasteiger partial charge on any atom is 0.150 e. The van der Waals surface area contributed by atoms with Gasteiger partial charge in [-0.25, -0.2) is 8.42 Å². The second kappa shape index (κ2) is 7.13. The van der Waals surface area contributed by atoms with Gasteiger partial charge >= 0.3 is 0 Å². The molecule has 1 aliphatic rings. The maximum absolute atomic E-state index is 11.7. The highest BCUT2D eigenvalue weighted by atomic mass is 32.2. The molecule has 22 heavy (non-hydrogen) atoms. The van der Waals surface area contributed by atoms with Gasteiger partial charge in [0.15, 0.2) is 0 Å². The van der Waals surface area contributed by atoms with Gasteiger partial charge in [-0.05, 0) is 39.5 Å². The Bertz CT molecular complexity index is 607. The summed E-state index contributed by atoms with van der Waals surface area (Å²) in [4.78, 5) is 0. The molecule has 1 saturated carbocycles. The molecule has 6 heteroatoms. The van der Waals surface area contributed by atoms with Crippen molar-refractivity contribution in [3.05, 3.63) is 17.0 Å². The van der Waals surface area contributed by atoms with E-state index in [4.69, 9.17) is 0 Å². The molecular weight excluding hydrogens is 298 g/mol. The van der Waals surface area contributed by atoms with Crippen LogP contribution in [0.15, 0.2) is 0 Å². The van der Waals surface area contributed by atoms with Gasteiger partial charge in [0.2, 0.25) is 0 Å². The average molecular weight is 327 g/mol. The molecule has 0 aliphatic heterocycles. The summed E-state index contributed by atoms with van der Waals surface area (Å²) in [5.41, 5.74) is 3.56. The monoisotopic (exact) mass is 327 g/mol. The zero-order valence-electron chi connectivity index (χ0n) is 14.2. The van der Waals surface area contributed by atoms with Gasteiger partial charge in [-0.3, -0.25) is 4.68 Å². The largest absolute Gasteiger partial charge is 0.310 e. The van der Waals surface area contributed by atoms with Crippen LogP contribution in [0.2, 0.25) is 0 Å². The second-order valence-electron chi connectivity index (χ2n) is 6.57. The molecule has 0 unspecified atom stereocenters. The molecule has 1 heterocycles. The van der Waals surface area contributed by atoms with Crippen molar-refractivity contribution >= 4 is 9.84 Å². The van der Waals surface area contributed by atoms with Crippen LogP contribution >= 0.6 is 0 Å². The molecule has 0 radical (unpaired) electrons. The molecule has 1 aliphatic carbocycles. The highest BCUT2D eigenvalue weighted by Gasteiger charge is 2.28. The first-order chi connectivity index (χ1) is 10.3. The summed E-state index contributed by atoms with van der Waals surface area (Å²) in [6.07, 6.45) is 6.04. The number of nitrogens with one attached hydrogen (secondary N) is 1. The van der Waals surface area contributed by atoms with E-state index >= 15 is 0 Å². The fraction of sp³-hybridized carbons (Fsp3) is 0.812. The third-order valence-corrected chi connectivity index (χ3v) is 6.41. The van der Waals surface area contributed by atoms with E-state index in [1.54, 1.807) is 0 Å². The molecule has 0 amide bonds. The van der Waals surface area contributed by atoms with Crippen molar-refractivity contribution in [2.45, 2.75) is 77.3 Å². The molecule has 0 bridgehead atoms. The van der Waals surface area contributed by atoms with Crippen molar-refractivity contribution in [2.24, 2.45) is 0 Å². The Kier molecular flexibility index (Phi) is 5.66. The van der Waals surface area contributed by atoms with E-state index in [0.29, 0.717) is 6.04 Å². The lowest BCUT2D eigenvalue weighted by molar-refractivity contribution is 0.370. The molecule has 0 saturated heterocycles. The van der Waals surface area contributed by atoms with Crippen molar-refractivity contribution in [1.82, 2.24) is 15.1 Å². The van der Waals surface area contributed by atoms with E-state index in [9.17, 15) is 8.42 Å². The minimum atomic E-state index is -2.92. The van der Waals surface area contributed by atoms with Gasteiger partial charge in [-0.2, -0.15) is 5.10 Å². The van der Waals surface area contributed by atoms with E-state index < -0.39 is 9.84 Å². The third kappa shape index (κ3) is 4.10. The Balaban J connectivity index is 1.98. The van der Waals surface area contributed by atoms with E-state index in [0.717, 1.165) is 50.9 Å². The zero-order valence-corrected chi connectivity index (χ0v) is 15.0. The Hall–Kier alpha value is -0.880. The number of aromatic nitrogens is 2. The first-order valence-electron chi connectivity index (χ1n) is 8.28. The van der Waals surface area contributed by atoms with E-state index in [1.165, 1.54) is 17.5 Å². The maximum atomic E-state index is 11.7. The zero-order chi connectivity index (χ0) is 16.3. The van der Waals surface area contributed by atoms with E-state index in [-0.39, 0.29) is 5.25 Å². The number of aryl methyl sites for hydroxylation is 2. The fourth-order valence-electron chi connectivity index (χ4n) is 3.38. The number of sulfone groups is 1. The second-order valence-corrected chi connectivity index (χ2v) is 8.89. The normalized spacial score (nSPS) is 22.9. The van der Waals surface area contributed by atoms with Gasteiger partial charge in [0, 0.05) is 36.6 Å². The Morgan fingerprint density at radius 1 is 1.32 bits per heavy atom. The predicted octanol–water partition coefficient (Wildman–Crippen LogP) is 2.36. The minimum Gasteiger partial charge on any atom is -0.310 e. The van der Waals surface area contributed by atoms with Crippen molar-refractivity contribution < 1.29 is 8.42 Å². The summed E-state index contributed by atoms with van der Waals surface area (Å²) in [5.74, 6) is 0. The lowest BCUT2D eigenvalue weighted by atomic mass is 9.94. The van der Waals surface area contributed by atoms with Gasteiger partial charge in [-0.1, -0.05) is 13.3 Å². The number of hydrogen-bond acceptors (Lipinski definition) is 4.